The third-order valence-corrected chi connectivity index (χ3v) is 4.61. The fraction of sp³-hybridized carbons (Fsp3) is 0.300. The van der Waals surface area contributed by atoms with Crippen molar-refractivity contribution in [2.24, 2.45) is 0 Å². The van der Waals surface area contributed by atoms with Gasteiger partial charge in [0.2, 0.25) is 0 Å². The zero-order valence-corrected chi connectivity index (χ0v) is 14.8. The number of anilines is 1. The smallest absolute Gasteiger partial charge is 0.313 e. The van der Waals surface area contributed by atoms with E-state index in [-0.39, 0.29) is 6.54 Å². The number of hydrogen-bond acceptors (Lipinski definition) is 4. The third kappa shape index (κ3) is 3.86. The number of aliphatic hydroxyl groups is 1. The summed E-state index contributed by atoms with van der Waals surface area (Å²) in [6.45, 7) is 4.41. The molecule has 2 aromatic carbocycles. The molecule has 1 heterocycles. The van der Waals surface area contributed by atoms with Gasteiger partial charge in [0.25, 0.3) is 0 Å². The summed E-state index contributed by atoms with van der Waals surface area (Å²) < 4.78 is 5.43. The van der Waals surface area contributed by atoms with Crippen LogP contribution in [0.3, 0.4) is 0 Å². The predicted octanol–water partition coefficient (Wildman–Crippen LogP) is 2.03. The van der Waals surface area contributed by atoms with Gasteiger partial charge in [0.05, 0.1) is 12.7 Å². The lowest BCUT2D eigenvalue weighted by Gasteiger charge is -2.14. The molecule has 2 amide bonds. The summed E-state index contributed by atoms with van der Waals surface area (Å²) >= 11 is 0. The molecule has 0 aromatic heterocycles. The number of carbonyl (C=O) groups excluding carboxylic acids is 2. The fourth-order valence-electron chi connectivity index (χ4n) is 2.87. The van der Waals surface area contributed by atoms with Crippen LogP contribution in [0.15, 0.2) is 36.4 Å². The Morgan fingerprint density at radius 1 is 1.19 bits per heavy atom. The first kappa shape index (κ1) is 17.9. The minimum atomic E-state index is -0.890. The number of aryl methyl sites for hydroxylation is 1. The molecule has 6 nitrogen and oxygen atoms in total. The molecule has 0 radical (unpaired) electrons. The van der Waals surface area contributed by atoms with E-state index in [1.54, 1.807) is 12.1 Å². The molecule has 3 rings (SSSR count). The first-order valence-corrected chi connectivity index (χ1v) is 8.55. The van der Waals surface area contributed by atoms with Crippen molar-refractivity contribution in [2.45, 2.75) is 26.4 Å². The van der Waals surface area contributed by atoms with Crippen LogP contribution in [-0.4, -0.2) is 30.1 Å². The minimum Gasteiger partial charge on any atom is -0.493 e. The largest absolute Gasteiger partial charge is 0.493 e. The van der Waals surface area contributed by atoms with Gasteiger partial charge in [0.15, 0.2) is 0 Å². The average Bonchev–Trinajstić information content (AvgIpc) is 3.10. The van der Waals surface area contributed by atoms with Gasteiger partial charge in [-0.05, 0) is 54.3 Å². The highest BCUT2D eigenvalue weighted by Crippen LogP contribution is 2.28. The molecular weight excluding hydrogens is 332 g/mol. The molecule has 1 aliphatic rings. The highest BCUT2D eigenvalue weighted by atomic mass is 16.5. The Labute approximate surface area is 152 Å². The van der Waals surface area contributed by atoms with E-state index in [4.69, 9.17) is 4.74 Å². The molecule has 0 saturated carbocycles. The van der Waals surface area contributed by atoms with Gasteiger partial charge in [-0.1, -0.05) is 18.2 Å². The Bertz CT molecular complexity index is 848. The zero-order chi connectivity index (χ0) is 18.7. The van der Waals surface area contributed by atoms with Crippen LogP contribution in [-0.2, 0) is 16.0 Å². The van der Waals surface area contributed by atoms with Crippen LogP contribution in [0, 0.1) is 13.8 Å². The highest BCUT2D eigenvalue weighted by molar-refractivity contribution is 6.39. The van der Waals surface area contributed by atoms with Crippen molar-refractivity contribution < 1.29 is 19.4 Å². The summed E-state index contributed by atoms with van der Waals surface area (Å²) in [5, 5.41) is 15.3. The standard InChI is InChI=1S/C20H22N2O4/c1-12-4-3-5-16(13(12)2)22-20(25)19(24)21-11-17(23)14-6-7-18-15(10-14)8-9-26-18/h3-7,10,17,23H,8-9,11H2,1-2H3,(H,21,24)(H,22,25). The number of fused-ring (bicyclic) bond motifs is 1. The highest BCUT2D eigenvalue weighted by Gasteiger charge is 2.19. The maximum Gasteiger partial charge on any atom is 0.313 e. The summed E-state index contributed by atoms with van der Waals surface area (Å²) in [6.07, 6.45) is -0.0844. The van der Waals surface area contributed by atoms with E-state index in [1.165, 1.54) is 0 Å². The second-order valence-corrected chi connectivity index (χ2v) is 6.39. The molecule has 0 fully saturated rings. The molecule has 1 aliphatic heterocycles. The Morgan fingerprint density at radius 2 is 2.00 bits per heavy atom. The summed E-state index contributed by atoms with van der Waals surface area (Å²) in [4.78, 5) is 24.1. The number of hydrogen-bond donors (Lipinski definition) is 3. The van der Waals surface area contributed by atoms with E-state index >= 15 is 0 Å². The molecule has 0 saturated heterocycles. The molecule has 2 aromatic rings. The van der Waals surface area contributed by atoms with Crippen molar-refractivity contribution in [3.8, 4) is 5.75 Å². The lowest BCUT2D eigenvalue weighted by atomic mass is 10.0. The van der Waals surface area contributed by atoms with Crippen LogP contribution in [0.5, 0.6) is 5.75 Å². The van der Waals surface area contributed by atoms with Crippen molar-refractivity contribution >= 4 is 17.5 Å². The van der Waals surface area contributed by atoms with Crippen molar-refractivity contribution in [1.82, 2.24) is 5.32 Å². The summed E-state index contributed by atoms with van der Waals surface area (Å²) in [6, 6.07) is 10.9. The molecule has 6 heteroatoms. The number of ether oxygens (including phenoxy) is 1. The number of nitrogens with one attached hydrogen (secondary N) is 2. The van der Waals surface area contributed by atoms with Gasteiger partial charge in [-0.2, -0.15) is 0 Å². The molecule has 1 unspecified atom stereocenters. The van der Waals surface area contributed by atoms with E-state index in [1.807, 2.05) is 38.1 Å². The molecule has 0 bridgehead atoms. The van der Waals surface area contributed by atoms with E-state index in [0.717, 1.165) is 28.9 Å². The van der Waals surface area contributed by atoms with E-state index in [0.29, 0.717) is 17.9 Å². The molecular formula is C20H22N2O4. The molecule has 1 atom stereocenters. The quantitative estimate of drug-likeness (QED) is 0.733. The first-order valence-electron chi connectivity index (χ1n) is 8.55. The maximum atomic E-state index is 12.1. The summed E-state index contributed by atoms with van der Waals surface area (Å²) in [7, 11) is 0. The Hall–Kier alpha value is -2.86. The number of benzene rings is 2. The van der Waals surface area contributed by atoms with Crippen molar-refractivity contribution in [2.75, 3.05) is 18.5 Å². The topological polar surface area (TPSA) is 87.7 Å². The van der Waals surface area contributed by atoms with Crippen molar-refractivity contribution in [1.29, 1.82) is 0 Å². The van der Waals surface area contributed by atoms with E-state index < -0.39 is 17.9 Å². The van der Waals surface area contributed by atoms with Crippen LogP contribution in [0.1, 0.15) is 28.4 Å². The maximum absolute atomic E-state index is 12.1. The van der Waals surface area contributed by atoms with Crippen molar-refractivity contribution in [3.05, 3.63) is 58.7 Å². The van der Waals surface area contributed by atoms with Gasteiger partial charge in [0, 0.05) is 18.7 Å². The number of carbonyl (C=O) groups is 2. The van der Waals surface area contributed by atoms with E-state index in [9.17, 15) is 14.7 Å². The van der Waals surface area contributed by atoms with Gasteiger partial charge in [-0.25, -0.2) is 0 Å². The third-order valence-electron chi connectivity index (χ3n) is 4.61. The Kier molecular flexibility index (Phi) is 5.23. The number of amides is 2. The lowest BCUT2D eigenvalue weighted by Crippen LogP contribution is -2.37. The second kappa shape index (κ2) is 7.58. The molecule has 0 aliphatic carbocycles. The Morgan fingerprint density at radius 3 is 2.81 bits per heavy atom. The predicted molar refractivity (Wildman–Crippen MR) is 98.2 cm³/mol. The summed E-state index contributed by atoms with van der Waals surface area (Å²) in [5.74, 6) is -0.708. The monoisotopic (exact) mass is 354 g/mol. The Balaban J connectivity index is 1.56. The first-order chi connectivity index (χ1) is 12.5. The van der Waals surface area contributed by atoms with Crippen LogP contribution >= 0.6 is 0 Å². The van der Waals surface area contributed by atoms with Gasteiger partial charge in [-0.15, -0.1) is 0 Å². The second-order valence-electron chi connectivity index (χ2n) is 6.39. The lowest BCUT2D eigenvalue weighted by molar-refractivity contribution is -0.136. The minimum absolute atomic E-state index is 0.0430. The van der Waals surface area contributed by atoms with Crippen LogP contribution < -0.4 is 15.4 Å². The molecule has 26 heavy (non-hydrogen) atoms. The average molecular weight is 354 g/mol. The van der Waals surface area contributed by atoms with Crippen LogP contribution in [0.25, 0.3) is 0 Å². The zero-order valence-electron chi connectivity index (χ0n) is 14.8. The van der Waals surface area contributed by atoms with Gasteiger partial charge >= 0.3 is 11.8 Å². The van der Waals surface area contributed by atoms with Crippen LogP contribution in [0.4, 0.5) is 5.69 Å². The van der Waals surface area contributed by atoms with Gasteiger partial charge in [-0.3, -0.25) is 9.59 Å². The van der Waals surface area contributed by atoms with Crippen molar-refractivity contribution in [3.63, 3.8) is 0 Å². The SMILES string of the molecule is Cc1cccc(NC(=O)C(=O)NCC(O)c2ccc3c(c2)CCO3)c1C. The summed E-state index contributed by atoms with van der Waals surface area (Å²) in [5.41, 5.74) is 4.27. The fourth-order valence-corrected chi connectivity index (χ4v) is 2.87. The normalized spacial score (nSPS) is 13.5. The number of aliphatic hydroxyl groups excluding tert-OH is 1. The van der Waals surface area contributed by atoms with E-state index in [2.05, 4.69) is 10.6 Å². The van der Waals surface area contributed by atoms with Gasteiger partial charge < -0.3 is 20.5 Å². The molecule has 0 spiro atoms. The number of rotatable bonds is 4. The molecule has 3 N–H and O–H groups in total. The molecule has 136 valence electrons. The van der Waals surface area contributed by atoms with Gasteiger partial charge in [0.1, 0.15) is 5.75 Å². The van der Waals surface area contributed by atoms with Crippen LogP contribution in [0.2, 0.25) is 0 Å².